The largest absolute Gasteiger partial charge is 0.456 e. The number of imidazole rings is 1. The molecule has 5 rings (SSSR count). The molecule has 0 unspecified atom stereocenters. The van der Waals surface area contributed by atoms with E-state index in [0.717, 1.165) is 46.4 Å². The highest BCUT2D eigenvalue weighted by molar-refractivity contribution is 5.96. The van der Waals surface area contributed by atoms with Gasteiger partial charge in [0.1, 0.15) is 11.3 Å². The van der Waals surface area contributed by atoms with Gasteiger partial charge in [0.25, 0.3) is 0 Å². The molecule has 5 nitrogen and oxygen atoms in total. The zero-order chi connectivity index (χ0) is 20.0. The van der Waals surface area contributed by atoms with Crippen LogP contribution < -0.4 is 10.3 Å². The van der Waals surface area contributed by atoms with Crippen molar-refractivity contribution in [1.82, 2.24) is 9.97 Å². The Bertz CT molecular complexity index is 1410. The second kappa shape index (κ2) is 6.78. The van der Waals surface area contributed by atoms with Gasteiger partial charge < -0.3 is 14.3 Å². The lowest BCUT2D eigenvalue weighted by Crippen LogP contribution is -2.22. The Morgan fingerprint density at radius 3 is 2.48 bits per heavy atom. The summed E-state index contributed by atoms with van der Waals surface area (Å²) >= 11 is 0. The van der Waals surface area contributed by atoms with E-state index in [2.05, 4.69) is 28.7 Å². The van der Waals surface area contributed by atoms with Crippen LogP contribution in [0.5, 0.6) is 0 Å². The summed E-state index contributed by atoms with van der Waals surface area (Å²) in [5.74, 6) is 1.41. The first kappa shape index (κ1) is 17.5. The molecule has 5 aromatic rings. The topological polar surface area (TPSA) is 62.1 Å². The second-order valence-electron chi connectivity index (χ2n) is 7.14. The van der Waals surface area contributed by atoms with E-state index in [1.54, 1.807) is 6.07 Å². The maximum atomic E-state index is 12.8. The Morgan fingerprint density at radius 1 is 0.966 bits per heavy atom. The van der Waals surface area contributed by atoms with E-state index in [-0.39, 0.29) is 5.43 Å². The Labute approximate surface area is 167 Å². The predicted molar refractivity (Wildman–Crippen MR) is 119 cm³/mol. The molecule has 0 spiro atoms. The fourth-order valence-corrected chi connectivity index (χ4v) is 3.81. The van der Waals surface area contributed by atoms with E-state index in [1.807, 2.05) is 54.6 Å². The molecule has 0 fully saturated rings. The predicted octanol–water partition coefficient (Wildman–Crippen LogP) is 5.34. The number of benzene rings is 3. The van der Waals surface area contributed by atoms with Gasteiger partial charge >= 0.3 is 0 Å². The summed E-state index contributed by atoms with van der Waals surface area (Å²) < 4.78 is 6.14. The molecule has 2 heterocycles. The molecule has 144 valence electrons. The van der Waals surface area contributed by atoms with Gasteiger partial charge in [-0.2, -0.15) is 0 Å². The van der Waals surface area contributed by atoms with Gasteiger partial charge in [0.2, 0.25) is 5.95 Å². The number of nitrogens with zero attached hydrogens (tertiary/aromatic N) is 2. The van der Waals surface area contributed by atoms with Gasteiger partial charge in [-0.25, -0.2) is 4.98 Å². The smallest absolute Gasteiger partial charge is 0.203 e. The zero-order valence-electron chi connectivity index (χ0n) is 16.4. The third-order valence-corrected chi connectivity index (χ3v) is 5.41. The molecule has 0 aliphatic rings. The molecule has 0 saturated carbocycles. The normalized spacial score (nSPS) is 11.5. The molecule has 0 radical (unpaired) electrons. The highest BCUT2D eigenvalue weighted by atomic mass is 16.3. The molecule has 29 heavy (non-hydrogen) atoms. The van der Waals surface area contributed by atoms with Crippen molar-refractivity contribution in [2.24, 2.45) is 0 Å². The highest BCUT2D eigenvalue weighted by Gasteiger charge is 2.12. The molecule has 3 aromatic carbocycles. The maximum Gasteiger partial charge on any atom is 0.203 e. The van der Waals surface area contributed by atoms with Crippen molar-refractivity contribution in [3.05, 3.63) is 70.9 Å². The van der Waals surface area contributed by atoms with Crippen molar-refractivity contribution in [3.63, 3.8) is 0 Å². The summed E-state index contributed by atoms with van der Waals surface area (Å²) in [6, 6.07) is 19.3. The maximum absolute atomic E-state index is 12.8. The third kappa shape index (κ3) is 2.95. The van der Waals surface area contributed by atoms with Crippen molar-refractivity contribution in [1.29, 1.82) is 0 Å². The lowest BCUT2D eigenvalue weighted by molar-refractivity contribution is 0.619. The van der Waals surface area contributed by atoms with Crippen molar-refractivity contribution in [3.8, 4) is 11.3 Å². The highest BCUT2D eigenvalue weighted by Crippen LogP contribution is 2.28. The van der Waals surface area contributed by atoms with Crippen LogP contribution in [0.1, 0.15) is 13.8 Å². The van der Waals surface area contributed by atoms with Gasteiger partial charge in [0.05, 0.1) is 16.4 Å². The summed E-state index contributed by atoms with van der Waals surface area (Å²) in [5, 5.41) is 2.68. The number of rotatable bonds is 4. The molecule has 0 aliphatic heterocycles. The number of hydrogen-bond acceptors (Lipinski definition) is 4. The molecule has 2 aromatic heterocycles. The molecule has 0 bridgehead atoms. The lowest BCUT2D eigenvalue weighted by Gasteiger charge is -2.16. The average molecular weight is 383 g/mol. The molecular formula is C24H21N3O2. The van der Waals surface area contributed by atoms with Crippen LogP contribution in [0.4, 0.5) is 5.95 Å². The van der Waals surface area contributed by atoms with Gasteiger partial charge in [0, 0.05) is 24.7 Å². The van der Waals surface area contributed by atoms with Crippen LogP contribution in [-0.2, 0) is 0 Å². The number of hydrogen-bond donors (Lipinski definition) is 1. The van der Waals surface area contributed by atoms with Crippen LogP contribution in [0, 0.1) is 0 Å². The third-order valence-electron chi connectivity index (χ3n) is 5.41. The van der Waals surface area contributed by atoms with E-state index in [0.29, 0.717) is 16.7 Å². The summed E-state index contributed by atoms with van der Waals surface area (Å²) in [4.78, 5) is 23.0. The monoisotopic (exact) mass is 383 g/mol. The van der Waals surface area contributed by atoms with Crippen LogP contribution in [-0.4, -0.2) is 23.1 Å². The molecule has 0 amide bonds. The quantitative estimate of drug-likeness (QED) is 0.426. The SMILES string of the molecule is CCN(CC)c1nc2ccc(-c3cc(=O)c4cc5ccccc5cc4o3)cc2[nH]1. The van der Waals surface area contributed by atoms with Crippen molar-refractivity contribution in [2.75, 3.05) is 18.0 Å². The molecule has 1 N–H and O–H groups in total. The van der Waals surface area contributed by atoms with Gasteiger partial charge in [0.15, 0.2) is 5.43 Å². The van der Waals surface area contributed by atoms with E-state index in [4.69, 9.17) is 4.42 Å². The fraction of sp³-hybridized carbons (Fsp3) is 0.167. The van der Waals surface area contributed by atoms with Crippen molar-refractivity contribution >= 4 is 38.7 Å². The summed E-state index contributed by atoms with van der Waals surface area (Å²) in [6.07, 6.45) is 0. The standard InChI is InChI=1S/C24H21N3O2/c1-3-27(4-2)24-25-19-10-9-17(12-20(19)26-24)22-14-21(28)18-11-15-7-5-6-8-16(15)13-23(18)29-22/h5-14H,3-4H2,1-2H3,(H,25,26). The van der Waals surface area contributed by atoms with Gasteiger partial charge in [-0.15, -0.1) is 0 Å². The molecular weight excluding hydrogens is 362 g/mol. The number of nitrogens with one attached hydrogen (secondary N) is 1. The van der Waals surface area contributed by atoms with Gasteiger partial charge in [-0.3, -0.25) is 4.79 Å². The summed E-state index contributed by atoms with van der Waals surface area (Å²) in [5.41, 5.74) is 3.22. The Morgan fingerprint density at radius 2 is 1.72 bits per heavy atom. The van der Waals surface area contributed by atoms with Crippen molar-refractivity contribution in [2.45, 2.75) is 13.8 Å². The lowest BCUT2D eigenvalue weighted by atomic mass is 10.1. The Kier molecular flexibility index (Phi) is 4.09. The summed E-state index contributed by atoms with van der Waals surface area (Å²) in [7, 11) is 0. The fourth-order valence-electron chi connectivity index (χ4n) is 3.81. The molecule has 0 atom stereocenters. The Balaban J connectivity index is 1.65. The minimum absolute atomic E-state index is 0.0412. The number of H-pyrrole nitrogens is 1. The number of anilines is 1. The first-order valence-electron chi connectivity index (χ1n) is 9.88. The van der Waals surface area contributed by atoms with E-state index >= 15 is 0 Å². The minimum atomic E-state index is -0.0412. The zero-order valence-corrected chi connectivity index (χ0v) is 16.4. The van der Waals surface area contributed by atoms with Gasteiger partial charge in [-0.1, -0.05) is 24.3 Å². The van der Waals surface area contributed by atoms with Gasteiger partial charge in [-0.05, 0) is 55.0 Å². The molecule has 0 saturated heterocycles. The van der Waals surface area contributed by atoms with Crippen LogP contribution >= 0.6 is 0 Å². The van der Waals surface area contributed by atoms with Crippen LogP contribution in [0.15, 0.2) is 69.9 Å². The van der Waals surface area contributed by atoms with Crippen LogP contribution in [0.25, 0.3) is 44.1 Å². The van der Waals surface area contributed by atoms with Crippen molar-refractivity contribution < 1.29 is 4.42 Å². The number of aromatic nitrogens is 2. The first-order valence-corrected chi connectivity index (χ1v) is 9.88. The van der Waals surface area contributed by atoms with E-state index < -0.39 is 0 Å². The van der Waals surface area contributed by atoms with Crippen LogP contribution in [0.2, 0.25) is 0 Å². The van der Waals surface area contributed by atoms with E-state index in [1.165, 1.54) is 0 Å². The Hall–Kier alpha value is -3.60. The second-order valence-corrected chi connectivity index (χ2v) is 7.14. The minimum Gasteiger partial charge on any atom is -0.456 e. The molecule has 0 aliphatic carbocycles. The van der Waals surface area contributed by atoms with E-state index in [9.17, 15) is 4.79 Å². The average Bonchev–Trinajstić information content (AvgIpc) is 3.16. The number of aromatic amines is 1. The molecule has 5 heteroatoms. The van der Waals surface area contributed by atoms with Crippen LogP contribution in [0.3, 0.4) is 0 Å². The number of fused-ring (bicyclic) bond motifs is 3. The first-order chi connectivity index (χ1) is 14.2. The summed E-state index contributed by atoms with van der Waals surface area (Å²) in [6.45, 7) is 5.98.